The molecule has 0 saturated carbocycles. The molecule has 0 bridgehead atoms. The van der Waals surface area contributed by atoms with Crippen LogP contribution in [-0.4, -0.2) is 11.5 Å². The van der Waals surface area contributed by atoms with Crippen molar-refractivity contribution in [2.75, 3.05) is 11.4 Å². The van der Waals surface area contributed by atoms with E-state index in [-0.39, 0.29) is 0 Å². The number of hydrogen-bond donors (Lipinski definition) is 0. The zero-order valence-corrected chi connectivity index (χ0v) is 12.6. The quantitative estimate of drug-likeness (QED) is 0.811. The summed E-state index contributed by atoms with van der Waals surface area (Å²) in [6, 6.07) is 15.4. The number of pyridine rings is 1. The third-order valence-electron chi connectivity index (χ3n) is 3.74. The summed E-state index contributed by atoms with van der Waals surface area (Å²) < 4.78 is 1.08. The van der Waals surface area contributed by atoms with Crippen molar-refractivity contribution in [1.82, 2.24) is 4.98 Å². The Labute approximate surface area is 122 Å². The van der Waals surface area contributed by atoms with Crippen molar-refractivity contribution in [2.45, 2.75) is 25.8 Å². The Morgan fingerprint density at radius 1 is 1.16 bits per heavy atom. The number of aryl methyl sites for hydroxylation is 1. The van der Waals surface area contributed by atoms with Crippen molar-refractivity contribution in [2.24, 2.45) is 0 Å². The number of rotatable bonds is 2. The van der Waals surface area contributed by atoms with E-state index in [9.17, 15) is 0 Å². The van der Waals surface area contributed by atoms with E-state index < -0.39 is 0 Å². The van der Waals surface area contributed by atoms with Gasteiger partial charge < -0.3 is 4.90 Å². The predicted molar refractivity (Wildman–Crippen MR) is 82.4 cm³/mol. The highest BCUT2D eigenvalue weighted by Gasteiger charge is 2.26. The molecule has 1 aromatic carbocycles. The van der Waals surface area contributed by atoms with Crippen molar-refractivity contribution >= 4 is 21.7 Å². The number of hydrogen-bond acceptors (Lipinski definition) is 2. The van der Waals surface area contributed by atoms with Gasteiger partial charge in [-0.25, -0.2) is 4.98 Å². The highest BCUT2D eigenvalue weighted by Crippen LogP contribution is 2.35. The number of anilines is 1. The van der Waals surface area contributed by atoms with E-state index in [1.807, 2.05) is 6.92 Å². The van der Waals surface area contributed by atoms with Crippen molar-refractivity contribution in [3.63, 3.8) is 0 Å². The normalized spacial score (nSPS) is 18.8. The summed E-state index contributed by atoms with van der Waals surface area (Å²) in [5.74, 6) is 1.09. The fraction of sp³-hybridized carbons (Fsp3) is 0.312. The number of benzene rings is 1. The van der Waals surface area contributed by atoms with Gasteiger partial charge in [0.15, 0.2) is 0 Å². The van der Waals surface area contributed by atoms with Crippen LogP contribution >= 0.6 is 15.9 Å². The van der Waals surface area contributed by atoms with Crippen LogP contribution in [0.25, 0.3) is 0 Å². The van der Waals surface area contributed by atoms with Gasteiger partial charge in [0.05, 0.1) is 11.7 Å². The third-order valence-corrected chi connectivity index (χ3v) is 4.58. The summed E-state index contributed by atoms with van der Waals surface area (Å²) >= 11 is 3.52. The maximum Gasteiger partial charge on any atom is 0.129 e. The van der Waals surface area contributed by atoms with E-state index in [1.165, 1.54) is 18.4 Å². The van der Waals surface area contributed by atoms with Gasteiger partial charge in [-0.15, -0.1) is 0 Å². The first-order valence-corrected chi connectivity index (χ1v) is 7.50. The minimum absolute atomic E-state index is 0.467. The maximum atomic E-state index is 4.71. The minimum atomic E-state index is 0.467. The molecule has 19 heavy (non-hydrogen) atoms. The van der Waals surface area contributed by atoms with E-state index in [1.54, 1.807) is 0 Å². The van der Waals surface area contributed by atoms with E-state index in [2.05, 4.69) is 63.3 Å². The van der Waals surface area contributed by atoms with Crippen LogP contribution in [0, 0.1) is 6.92 Å². The molecular formula is C16H17BrN2. The van der Waals surface area contributed by atoms with Crippen molar-refractivity contribution in [3.05, 3.63) is 58.2 Å². The molecule has 98 valence electrons. The van der Waals surface area contributed by atoms with Gasteiger partial charge in [0, 0.05) is 11.0 Å². The molecule has 0 radical (unpaired) electrons. The van der Waals surface area contributed by atoms with Crippen molar-refractivity contribution < 1.29 is 0 Å². The Balaban J connectivity index is 1.93. The Bertz CT molecular complexity index is 568. The van der Waals surface area contributed by atoms with Gasteiger partial charge in [-0.05, 0) is 53.4 Å². The van der Waals surface area contributed by atoms with Gasteiger partial charge >= 0.3 is 0 Å². The lowest BCUT2D eigenvalue weighted by atomic mass is 10.0. The average molecular weight is 317 g/mol. The molecule has 0 amide bonds. The highest BCUT2D eigenvalue weighted by molar-refractivity contribution is 9.10. The first-order chi connectivity index (χ1) is 9.25. The van der Waals surface area contributed by atoms with Crippen LogP contribution in [0.1, 0.15) is 30.1 Å². The van der Waals surface area contributed by atoms with Gasteiger partial charge in [0.2, 0.25) is 0 Å². The predicted octanol–water partition coefficient (Wildman–Crippen LogP) is 4.49. The first kappa shape index (κ1) is 12.7. The number of halogens is 1. The van der Waals surface area contributed by atoms with Crippen LogP contribution in [0.2, 0.25) is 0 Å². The number of nitrogens with zero attached hydrogens (tertiary/aromatic N) is 2. The monoisotopic (exact) mass is 316 g/mol. The average Bonchev–Trinajstić information content (AvgIpc) is 2.92. The summed E-state index contributed by atoms with van der Waals surface area (Å²) in [5.41, 5.74) is 2.44. The van der Waals surface area contributed by atoms with Gasteiger partial charge in [0.25, 0.3) is 0 Å². The molecule has 2 aromatic rings. The molecule has 3 heteroatoms. The van der Waals surface area contributed by atoms with Crippen LogP contribution in [0.4, 0.5) is 5.82 Å². The Hall–Kier alpha value is -1.35. The summed E-state index contributed by atoms with van der Waals surface area (Å²) in [5, 5.41) is 0. The molecule has 1 fully saturated rings. The smallest absolute Gasteiger partial charge is 0.129 e. The Morgan fingerprint density at radius 2 is 1.95 bits per heavy atom. The fourth-order valence-corrected chi connectivity index (χ4v) is 2.97. The van der Waals surface area contributed by atoms with Gasteiger partial charge in [0.1, 0.15) is 5.82 Å². The van der Waals surface area contributed by atoms with Crippen LogP contribution in [-0.2, 0) is 0 Å². The SMILES string of the molecule is Cc1nc(N2CCCC2c2ccccc2)ccc1Br. The molecular weight excluding hydrogens is 300 g/mol. The molecule has 3 rings (SSSR count). The zero-order chi connectivity index (χ0) is 13.2. The lowest BCUT2D eigenvalue weighted by molar-refractivity contribution is 0.710. The van der Waals surface area contributed by atoms with Gasteiger partial charge in [-0.1, -0.05) is 30.3 Å². The topological polar surface area (TPSA) is 16.1 Å². The van der Waals surface area contributed by atoms with E-state index in [0.29, 0.717) is 6.04 Å². The summed E-state index contributed by atoms with van der Waals surface area (Å²) in [6.45, 7) is 3.13. The van der Waals surface area contributed by atoms with Gasteiger partial charge in [-0.2, -0.15) is 0 Å². The lowest BCUT2D eigenvalue weighted by Crippen LogP contribution is -2.23. The molecule has 0 N–H and O–H groups in total. The fourth-order valence-electron chi connectivity index (χ4n) is 2.75. The summed E-state index contributed by atoms with van der Waals surface area (Å²) in [6.07, 6.45) is 2.44. The Morgan fingerprint density at radius 3 is 2.68 bits per heavy atom. The second-order valence-electron chi connectivity index (χ2n) is 5.00. The molecule has 0 spiro atoms. The first-order valence-electron chi connectivity index (χ1n) is 6.70. The molecule has 1 aliphatic heterocycles. The standard InChI is InChI=1S/C16H17BrN2/c1-12-14(17)9-10-16(18-12)19-11-5-8-15(19)13-6-3-2-4-7-13/h2-4,6-7,9-10,15H,5,8,11H2,1H3. The summed E-state index contributed by atoms with van der Waals surface area (Å²) in [7, 11) is 0. The van der Waals surface area contributed by atoms with Crippen LogP contribution < -0.4 is 4.90 Å². The molecule has 1 aliphatic rings. The van der Waals surface area contributed by atoms with Crippen LogP contribution in [0.15, 0.2) is 46.9 Å². The second kappa shape index (κ2) is 5.33. The number of aromatic nitrogens is 1. The molecule has 0 aliphatic carbocycles. The summed E-state index contributed by atoms with van der Waals surface area (Å²) in [4.78, 5) is 7.13. The molecule has 1 saturated heterocycles. The minimum Gasteiger partial charge on any atom is -0.350 e. The second-order valence-corrected chi connectivity index (χ2v) is 5.85. The van der Waals surface area contributed by atoms with Crippen LogP contribution in [0.3, 0.4) is 0 Å². The largest absolute Gasteiger partial charge is 0.350 e. The van der Waals surface area contributed by atoms with E-state index in [4.69, 9.17) is 4.98 Å². The molecule has 2 nitrogen and oxygen atoms in total. The van der Waals surface area contributed by atoms with E-state index >= 15 is 0 Å². The van der Waals surface area contributed by atoms with Gasteiger partial charge in [-0.3, -0.25) is 0 Å². The lowest BCUT2D eigenvalue weighted by Gasteiger charge is -2.26. The Kier molecular flexibility index (Phi) is 3.56. The highest BCUT2D eigenvalue weighted by atomic mass is 79.9. The van der Waals surface area contributed by atoms with Crippen LogP contribution in [0.5, 0.6) is 0 Å². The zero-order valence-electron chi connectivity index (χ0n) is 11.0. The molecule has 2 heterocycles. The van der Waals surface area contributed by atoms with Crippen molar-refractivity contribution in [3.8, 4) is 0 Å². The third kappa shape index (κ3) is 2.52. The van der Waals surface area contributed by atoms with Crippen molar-refractivity contribution in [1.29, 1.82) is 0 Å². The molecule has 1 aromatic heterocycles. The molecule has 1 atom stereocenters. The van der Waals surface area contributed by atoms with E-state index in [0.717, 1.165) is 22.5 Å². The maximum absolute atomic E-state index is 4.71. The molecule has 1 unspecified atom stereocenters.